The summed E-state index contributed by atoms with van der Waals surface area (Å²) in [5.74, 6) is -0.104. The molecule has 0 aliphatic rings. The number of anilines is 1. The van der Waals surface area contributed by atoms with Crippen molar-refractivity contribution in [1.29, 1.82) is 0 Å². The van der Waals surface area contributed by atoms with Gasteiger partial charge in [0.1, 0.15) is 16.7 Å². The maximum absolute atomic E-state index is 13.2. The minimum Gasteiger partial charge on any atom is -0.364 e. The molecule has 3 rings (SSSR count). The molecule has 0 saturated heterocycles. The predicted octanol–water partition coefficient (Wildman–Crippen LogP) is 4.81. The summed E-state index contributed by atoms with van der Waals surface area (Å²) in [6.07, 6.45) is -3.15. The smallest absolute Gasteiger partial charge is 0.364 e. The third-order valence-electron chi connectivity index (χ3n) is 3.58. The van der Waals surface area contributed by atoms with E-state index in [0.717, 1.165) is 6.07 Å². The zero-order chi connectivity index (χ0) is 18.9. The second-order valence-electron chi connectivity index (χ2n) is 5.36. The fourth-order valence-corrected chi connectivity index (χ4v) is 2.65. The molecule has 0 radical (unpaired) electrons. The maximum atomic E-state index is 13.2. The van der Waals surface area contributed by atoms with Gasteiger partial charge in [0.15, 0.2) is 11.5 Å². The molecular weight excluding hydrogens is 390 g/mol. The van der Waals surface area contributed by atoms with Crippen molar-refractivity contribution in [1.82, 2.24) is 19.5 Å². The van der Waals surface area contributed by atoms with Gasteiger partial charge in [-0.1, -0.05) is 29.3 Å². The lowest BCUT2D eigenvalue weighted by atomic mass is 10.3. The molecule has 0 spiro atoms. The SMILES string of the molecule is Cn1c(CNc2cc(C(F)(F)F)nc(-c3ccccn3)n2)cc(Cl)c1Cl. The fourth-order valence-electron chi connectivity index (χ4n) is 2.23. The van der Waals surface area contributed by atoms with E-state index in [2.05, 4.69) is 20.3 Å². The summed E-state index contributed by atoms with van der Waals surface area (Å²) in [5.41, 5.74) is -0.128. The summed E-state index contributed by atoms with van der Waals surface area (Å²) in [7, 11) is 1.70. The molecule has 0 amide bonds. The molecule has 5 nitrogen and oxygen atoms in total. The van der Waals surface area contributed by atoms with Crippen molar-refractivity contribution in [3.63, 3.8) is 0 Å². The summed E-state index contributed by atoms with van der Waals surface area (Å²) in [6.45, 7) is 0.179. The van der Waals surface area contributed by atoms with Crippen LogP contribution in [0.15, 0.2) is 36.5 Å². The molecule has 0 aliphatic heterocycles. The Morgan fingerprint density at radius 3 is 2.50 bits per heavy atom. The predicted molar refractivity (Wildman–Crippen MR) is 93.0 cm³/mol. The second-order valence-corrected chi connectivity index (χ2v) is 6.13. The number of nitrogens with one attached hydrogen (secondary N) is 1. The molecule has 3 aromatic rings. The van der Waals surface area contributed by atoms with Crippen LogP contribution in [0.5, 0.6) is 0 Å². The molecule has 26 heavy (non-hydrogen) atoms. The second kappa shape index (κ2) is 7.13. The Kier molecular flexibility index (Phi) is 5.06. The van der Waals surface area contributed by atoms with Gasteiger partial charge < -0.3 is 9.88 Å². The first-order chi connectivity index (χ1) is 12.3. The Morgan fingerprint density at radius 2 is 1.92 bits per heavy atom. The largest absolute Gasteiger partial charge is 0.433 e. The minimum absolute atomic E-state index is 0.0152. The third kappa shape index (κ3) is 3.91. The van der Waals surface area contributed by atoms with Crippen LogP contribution in [0.4, 0.5) is 19.0 Å². The van der Waals surface area contributed by atoms with Crippen molar-refractivity contribution in [3.05, 3.63) is 58.1 Å². The van der Waals surface area contributed by atoms with Gasteiger partial charge in [0.2, 0.25) is 0 Å². The molecular formula is C16H12Cl2F3N5. The standard InChI is InChI=1S/C16H12Cl2F3N5/c1-26-9(6-10(17)14(26)18)8-23-13-7-12(16(19,20)21)24-15(25-13)11-4-2-3-5-22-11/h2-7H,8H2,1H3,(H,23,24,25). The molecule has 3 heterocycles. The van der Waals surface area contributed by atoms with E-state index in [4.69, 9.17) is 23.2 Å². The Bertz CT molecular complexity index is 926. The van der Waals surface area contributed by atoms with Gasteiger partial charge in [-0.3, -0.25) is 4.98 Å². The third-order valence-corrected chi connectivity index (χ3v) is 4.42. The van der Waals surface area contributed by atoms with E-state index in [-0.39, 0.29) is 23.9 Å². The fraction of sp³-hybridized carbons (Fsp3) is 0.188. The summed E-state index contributed by atoms with van der Waals surface area (Å²) < 4.78 is 41.1. The van der Waals surface area contributed by atoms with Crippen LogP contribution >= 0.6 is 23.2 Å². The van der Waals surface area contributed by atoms with E-state index < -0.39 is 11.9 Å². The van der Waals surface area contributed by atoms with Gasteiger partial charge >= 0.3 is 6.18 Å². The van der Waals surface area contributed by atoms with E-state index in [9.17, 15) is 13.2 Å². The Balaban J connectivity index is 1.94. The minimum atomic E-state index is -4.61. The lowest BCUT2D eigenvalue weighted by Crippen LogP contribution is -2.13. The topological polar surface area (TPSA) is 55.6 Å². The van der Waals surface area contributed by atoms with E-state index in [1.54, 1.807) is 29.8 Å². The molecule has 0 unspecified atom stereocenters. The van der Waals surface area contributed by atoms with Crippen molar-refractivity contribution >= 4 is 29.0 Å². The van der Waals surface area contributed by atoms with Crippen molar-refractivity contribution in [3.8, 4) is 11.5 Å². The molecule has 136 valence electrons. The number of alkyl halides is 3. The first-order valence-electron chi connectivity index (χ1n) is 7.37. The van der Waals surface area contributed by atoms with Gasteiger partial charge in [0, 0.05) is 25.0 Å². The summed E-state index contributed by atoms with van der Waals surface area (Å²) in [5, 5.41) is 3.55. The number of pyridine rings is 1. The number of nitrogens with zero attached hydrogens (tertiary/aromatic N) is 4. The van der Waals surface area contributed by atoms with Gasteiger partial charge in [-0.2, -0.15) is 13.2 Å². The lowest BCUT2D eigenvalue weighted by molar-refractivity contribution is -0.141. The maximum Gasteiger partial charge on any atom is 0.433 e. The van der Waals surface area contributed by atoms with Crippen LogP contribution in [0.1, 0.15) is 11.4 Å². The van der Waals surface area contributed by atoms with Crippen LogP contribution < -0.4 is 5.32 Å². The lowest BCUT2D eigenvalue weighted by Gasteiger charge is -2.12. The molecule has 0 fully saturated rings. The molecule has 0 saturated carbocycles. The Morgan fingerprint density at radius 1 is 1.15 bits per heavy atom. The van der Waals surface area contributed by atoms with Gasteiger partial charge in [-0.15, -0.1) is 0 Å². The Hall–Kier alpha value is -2.32. The molecule has 3 aromatic heterocycles. The molecule has 10 heteroatoms. The first-order valence-corrected chi connectivity index (χ1v) is 8.12. The van der Waals surface area contributed by atoms with E-state index in [1.165, 1.54) is 12.3 Å². The highest BCUT2D eigenvalue weighted by atomic mass is 35.5. The van der Waals surface area contributed by atoms with Crippen molar-refractivity contribution in [2.45, 2.75) is 12.7 Å². The number of aromatic nitrogens is 4. The molecule has 0 bridgehead atoms. The molecule has 1 N–H and O–H groups in total. The zero-order valence-electron chi connectivity index (χ0n) is 13.3. The van der Waals surface area contributed by atoms with Crippen molar-refractivity contribution in [2.75, 3.05) is 5.32 Å². The monoisotopic (exact) mass is 401 g/mol. The average Bonchev–Trinajstić information content (AvgIpc) is 2.86. The van der Waals surface area contributed by atoms with Crippen LogP contribution in [-0.4, -0.2) is 19.5 Å². The highest BCUT2D eigenvalue weighted by molar-refractivity contribution is 6.41. The summed E-state index contributed by atoms with van der Waals surface area (Å²) in [4.78, 5) is 11.7. The van der Waals surface area contributed by atoms with Crippen LogP contribution in [0.3, 0.4) is 0 Å². The van der Waals surface area contributed by atoms with E-state index >= 15 is 0 Å². The molecule has 0 aliphatic carbocycles. The van der Waals surface area contributed by atoms with Crippen LogP contribution in [0.2, 0.25) is 10.2 Å². The van der Waals surface area contributed by atoms with Crippen molar-refractivity contribution in [2.24, 2.45) is 7.05 Å². The van der Waals surface area contributed by atoms with Gasteiger partial charge in [0.05, 0.1) is 11.6 Å². The van der Waals surface area contributed by atoms with Crippen LogP contribution in [-0.2, 0) is 19.8 Å². The Labute approximate surface area is 156 Å². The number of halogens is 5. The first kappa shape index (κ1) is 18.5. The number of rotatable bonds is 4. The van der Waals surface area contributed by atoms with E-state index in [0.29, 0.717) is 15.9 Å². The van der Waals surface area contributed by atoms with Gasteiger partial charge in [0.25, 0.3) is 0 Å². The normalized spacial score (nSPS) is 11.6. The quantitative estimate of drug-likeness (QED) is 0.680. The summed E-state index contributed by atoms with van der Waals surface area (Å²) in [6, 6.07) is 7.31. The highest BCUT2D eigenvalue weighted by Gasteiger charge is 2.34. The molecule has 0 aromatic carbocycles. The number of hydrogen-bond donors (Lipinski definition) is 1. The van der Waals surface area contributed by atoms with Gasteiger partial charge in [-0.05, 0) is 18.2 Å². The summed E-state index contributed by atoms with van der Waals surface area (Å²) >= 11 is 11.9. The van der Waals surface area contributed by atoms with Crippen LogP contribution in [0, 0.1) is 0 Å². The molecule has 0 atom stereocenters. The van der Waals surface area contributed by atoms with Crippen LogP contribution in [0.25, 0.3) is 11.5 Å². The van der Waals surface area contributed by atoms with Gasteiger partial charge in [-0.25, -0.2) is 9.97 Å². The average molecular weight is 402 g/mol. The van der Waals surface area contributed by atoms with E-state index in [1.807, 2.05) is 0 Å². The highest BCUT2D eigenvalue weighted by Crippen LogP contribution is 2.31. The van der Waals surface area contributed by atoms with Crippen molar-refractivity contribution < 1.29 is 13.2 Å². The zero-order valence-corrected chi connectivity index (χ0v) is 14.9. The number of hydrogen-bond acceptors (Lipinski definition) is 4.